The highest BCUT2D eigenvalue weighted by Gasteiger charge is 2.14. The molecular weight excluding hydrogens is 394 g/mol. The Hall–Kier alpha value is -2.11. The maximum absolute atomic E-state index is 12.0. The van der Waals surface area contributed by atoms with E-state index < -0.39 is 0 Å². The molecule has 136 valence electrons. The number of hydrogen-bond donors (Lipinski definition) is 1. The van der Waals surface area contributed by atoms with Crippen molar-refractivity contribution in [2.24, 2.45) is 0 Å². The Bertz CT molecular complexity index is 981. The first-order valence-corrected chi connectivity index (χ1v) is 9.49. The molecule has 1 unspecified atom stereocenters. The van der Waals surface area contributed by atoms with Crippen molar-refractivity contribution >= 4 is 26.9 Å². The van der Waals surface area contributed by atoms with Gasteiger partial charge in [-0.05, 0) is 36.2 Å². The predicted molar refractivity (Wildman–Crippen MR) is 107 cm³/mol. The highest BCUT2D eigenvalue weighted by atomic mass is 79.9. The van der Waals surface area contributed by atoms with Gasteiger partial charge in [0, 0.05) is 27.1 Å². The number of halogens is 1. The highest BCUT2D eigenvalue weighted by molar-refractivity contribution is 9.10. The van der Waals surface area contributed by atoms with Crippen LogP contribution in [0.2, 0.25) is 0 Å². The standard InChI is InChI=1S/C21H22BrNO3/c1-4-14-5-7-18-15(11-21(24)26-20(18)9-14)12-23(2)13-16-10-17(22)6-8-19(16)25-3/h5-11H,4,12-13H2,1-3H3/p+1. The fourth-order valence-electron chi connectivity index (χ4n) is 3.24. The van der Waals surface area contributed by atoms with Crippen molar-refractivity contribution in [2.45, 2.75) is 26.4 Å². The van der Waals surface area contributed by atoms with Gasteiger partial charge in [0.05, 0.1) is 14.2 Å². The first-order chi connectivity index (χ1) is 12.5. The van der Waals surface area contributed by atoms with Crippen LogP contribution >= 0.6 is 15.9 Å². The molecule has 4 nitrogen and oxygen atoms in total. The SMILES string of the molecule is CCc1ccc2c(C[NH+](C)Cc3cc(Br)ccc3OC)cc(=O)oc2c1. The van der Waals surface area contributed by atoms with Gasteiger partial charge < -0.3 is 14.1 Å². The number of methoxy groups -OCH3 is 1. The molecule has 0 fully saturated rings. The van der Waals surface area contributed by atoms with Crippen molar-refractivity contribution in [3.63, 3.8) is 0 Å². The molecule has 1 aromatic heterocycles. The minimum absolute atomic E-state index is 0.298. The third-order valence-corrected chi connectivity index (χ3v) is 5.02. The molecule has 0 aliphatic heterocycles. The summed E-state index contributed by atoms with van der Waals surface area (Å²) in [6, 6.07) is 13.7. The van der Waals surface area contributed by atoms with Crippen molar-refractivity contribution in [1.82, 2.24) is 0 Å². The van der Waals surface area contributed by atoms with Crippen molar-refractivity contribution in [3.8, 4) is 5.75 Å². The second kappa shape index (κ2) is 8.06. The van der Waals surface area contributed by atoms with Crippen molar-refractivity contribution in [2.75, 3.05) is 14.2 Å². The van der Waals surface area contributed by atoms with Gasteiger partial charge in [-0.3, -0.25) is 0 Å². The maximum atomic E-state index is 12.0. The molecule has 1 atom stereocenters. The third kappa shape index (κ3) is 4.17. The van der Waals surface area contributed by atoms with E-state index in [-0.39, 0.29) is 5.63 Å². The van der Waals surface area contributed by atoms with E-state index in [1.807, 2.05) is 18.2 Å². The molecule has 0 aliphatic carbocycles. The summed E-state index contributed by atoms with van der Waals surface area (Å²) in [6.07, 6.45) is 0.914. The van der Waals surface area contributed by atoms with Crippen LogP contribution < -0.4 is 15.3 Å². The second-order valence-electron chi connectivity index (χ2n) is 6.54. The zero-order chi connectivity index (χ0) is 18.7. The number of fused-ring (bicyclic) bond motifs is 1. The largest absolute Gasteiger partial charge is 0.496 e. The minimum atomic E-state index is -0.298. The van der Waals surface area contributed by atoms with E-state index in [9.17, 15) is 4.79 Å². The average molecular weight is 417 g/mol. The molecule has 3 rings (SSSR count). The number of nitrogens with one attached hydrogen (secondary N) is 1. The minimum Gasteiger partial charge on any atom is -0.496 e. The number of benzene rings is 2. The molecule has 2 aromatic carbocycles. The Morgan fingerprint density at radius 1 is 1.08 bits per heavy atom. The molecule has 5 heteroatoms. The first kappa shape index (κ1) is 18.7. The Morgan fingerprint density at radius 2 is 1.85 bits per heavy atom. The van der Waals surface area contributed by atoms with E-state index >= 15 is 0 Å². The van der Waals surface area contributed by atoms with Gasteiger partial charge in [-0.1, -0.05) is 35.0 Å². The van der Waals surface area contributed by atoms with Crippen LogP contribution in [0.5, 0.6) is 5.75 Å². The van der Waals surface area contributed by atoms with Gasteiger partial charge in [0.15, 0.2) is 0 Å². The Balaban J connectivity index is 1.89. The quantitative estimate of drug-likeness (QED) is 0.626. The molecule has 0 amide bonds. The van der Waals surface area contributed by atoms with E-state index in [1.165, 1.54) is 4.90 Å². The van der Waals surface area contributed by atoms with Crippen LogP contribution in [-0.4, -0.2) is 14.2 Å². The van der Waals surface area contributed by atoms with Gasteiger partial charge in [-0.2, -0.15) is 0 Å². The van der Waals surface area contributed by atoms with E-state index in [2.05, 4.69) is 48.1 Å². The van der Waals surface area contributed by atoms with Crippen LogP contribution in [0.3, 0.4) is 0 Å². The van der Waals surface area contributed by atoms with Gasteiger partial charge in [0.1, 0.15) is 24.4 Å². The van der Waals surface area contributed by atoms with Crippen molar-refractivity contribution in [3.05, 3.63) is 74.0 Å². The normalized spacial score (nSPS) is 12.3. The lowest BCUT2D eigenvalue weighted by Crippen LogP contribution is -3.06. The van der Waals surface area contributed by atoms with Gasteiger partial charge in [0.2, 0.25) is 0 Å². The fraction of sp³-hybridized carbons (Fsp3) is 0.286. The van der Waals surface area contributed by atoms with E-state index in [4.69, 9.17) is 9.15 Å². The highest BCUT2D eigenvalue weighted by Crippen LogP contribution is 2.22. The van der Waals surface area contributed by atoms with E-state index in [0.29, 0.717) is 5.58 Å². The first-order valence-electron chi connectivity index (χ1n) is 8.69. The summed E-state index contributed by atoms with van der Waals surface area (Å²) in [5.74, 6) is 0.873. The van der Waals surface area contributed by atoms with E-state index in [1.54, 1.807) is 13.2 Å². The number of hydrogen-bond acceptors (Lipinski definition) is 3. The number of rotatable bonds is 6. The zero-order valence-electron chi connectivity index (χ0n) is 15.3. The van der Waals surface area contributed by atoms with Crippen LogP contribution in [-0.2, 0) is 19.5 Å². The summed E-state index contributed by atoms with van der Waals surface area (Å²) in [5.41, 5.74) is 3.66. The van der Waals surface area contributed by atoms with E-state index in [0.717, 1.165) is 51.8 Å². The monoisotopic (exact) mass is 416 g/mol. The van der Waals surface area contributed by atoms with Gasteiger partial charge >= 0.3 is 5.63 Å². The number of aryl methyl sites for hydroxylation is 1. The lowest BCUT2D eigenvalue weighted by atomic mass is 10.1. The van der Waals surface area contributed by atoms with Crippen LogP contribution in [0.15, 0.2) is 56.1 Å². The zero-order valence-corrected chi connectivity index (χ0v) is 16.9. The average Bonchev–Trinajstić information content (AvgIpc) is 2.61. The lowest BCUT2D eigenvalue weighted by molar-refractivity contribution is -0.907. The molecule has 0 bridgehead atoms. The Labute approximate surface area is 161 Å². The fourth-order valence-corrected chi connectivity index (χ4v) is 3.65. The molecule has 0 radical (unpaired) electrons. The predicted octanol–water partition coefficient (Wildman–Crippen LogP) is 3.34. The summed E-state index contributed by atoms with van der Waals surface area (Å²) in [7, 11) is 3.80. The summed E-state index contributed by atoms with van der Waals surface area (Å²) < 4.78 is 11.9. The molecule has 0 spiro atoms. The summed E-state index contributed by atoms with van der Waals surface area (Å²) in [6.45, 7) is 3.60. The molecule has 0 saturated carbocycles. The van der Waals surface area contributed by atoms with Crippen LogP contribution in [0.4, 0.5) is 0 Å². The van der Waals surface area contributed by atoms with Gasteiger partial charge in [-0.15, -0.1) is 0 Å². The molecule has 0 aliphatic rings. The van der Waals surface area contributed by atoms with Crippen LogP contribution in [0.25, 0.3) is 11.0 Å². The Kier molecular flexibility index (Phi) is 5.79. The molecule has 1 heterocycles. The topological polar surface area (TPSA) is 43.9 Å². The van der Waals surface area contributed by atoms with Crippen LogP contribution in [0.1, 0.15) is 23.6 Å². The molecule has 0 saturated heterocycles. The molecule has 26 heavy (non-hydrogen) atoms. The Morgan fingerprint density at radius 3 is 2.58 bits per heavy atom. The van der Waals surface area contributed by atoms with Gasteiger partial charge in [-0.25, -0.2) is 4.79 Å². The maximum Gasteiger partial charge on any atom is 0.336 e. The summed E-state index contributed by atoms with van der Waals surface area (Å²) in [5, 5.41) is 1.00. The third-order valence-electron chi connectivity index (χ3n) is 4.53. The summed E-state index contributed by atoms with van der Waals surface area (Å²) >= 11 is 3.52. The lowest BCUT2D eigenvalue weighted by Gasteiger charge is -2.17. The van der Waals surface area contributed by atoms with Crippen LogP contribution in [0, 0.1) is 0 Å². The molecule has 3 aromatic rings. The molecule has 1 N–H and O–H groups in total. The molecular formula is C21H23BrNO3+. The van der Waals surface area contributed by atoms with Crippen molar-refractivity contribution < 1.29 is 14.1 Å². The second-order valence-corrected chi connectivity index (χ2v) is 7.46. The summed E-state index contributed by atoms with van der Waals surface area (Å²) in [4.78, 5) is 13.2. The smallest absolute Gasteiger partial charge is 0.336 e. The van der Waals surface area contributed by atoms with Gasteiger partial charge in [0.25, 0.3) is 0 Å². The van der Waals surface area contributed by atoms with Crippen molar-refractivity contribution in [1.29, 1.82) is 0 Å². The number of quaternary nitrogens is 1. The number of ether oxygens (including phenoxy) is 1.